The molecule has 0 heterocycles. The lowest BCUT2D eigenvalue weighted by molar-refractivity contribution is 0.467. The zero-order chi connectivity index (χ0) is 10.6. The monoisotopic (exact) mass is 197 g/mol. The van der Waals surface area contributed by atoms with Crippen LogP contribution in [0.1, 0.15) is 37.8 Å². The first kappa shape index (κ1) is 11.0. The van der Waals surface area contributed by atoms with E-state index in [0.29, 0.717) is 5.56 Å². The Balaban J connectivity index is 2.77. The predicted molar refractivity (Wildman–Crippen MR) is 54.5 cm³/mol. The molecule has 0 saturated carbocycles. The highest BCUT2D eigenvalue weighted by molar-refractivity contribution is 5.30. The van der Waals surface area contributed by atoms with E-state index in [9.17, 15) is 9.50 Å². The van der Waals surface area contributed by atoms with Gasteiger partial charge in [0.25, 0.3) is 0 Å². The number of unbranched alkanes of at least 4 members (excludes halogenated alkanes) is 1. The maximum Gasteiger partial charge on any atom is 0.128 e. The van der Waals surface area contributed by atoms with E-state index in [1.54, 1.807) is 0 Å². The van der Waals surface area contributed by atoms with Crippen molar-refractivity contribution in [1.29, 1.82) is 0 Å². The average molecular weight is 197 g/mol. The second-order valence-electron chi connectivity index (χ2n) is 3.45. The Morgan fingerprint density at radius 3 is 2.86 bits per heavy atom. The molecule has 0 saturated heterocycles. The van der Waals surface area contributed by atoms with Gasteiger partial charge in [-0.25, -0.2) is 4.39 Å². The van der Waals surface area contributed by atoms with Crippen LogP contribution in [0, 0.1) is 5.82 Å². The molecule has 3 N–H and O–H groups in total. The van der Waals surface area contributed by atoms with Gasteiger partial charge in [0.1, 0.15) is 11.6 Å². The third kappa shape index (κ3) is 2.70. The Hall–Kier alpha value is -1.09. The van der Waals surface area contributed by atoms with E-state index >= 15 is 0 Å². The first-order valence-electron chi connectivity index (χ1n) is 4.89. The fourth-order valence-corrected chi connectivity index (χ4v) is 1.39. The van der Waals surface area contributed by atoms with Crippen molar-refractivity contribution in [1.82, 2.24) is 0 Å². The molecule has 0 aliphatic carbocycles. The van der Waals surface area contributed by atoms with Crippen molar-refractivity contribution < 1.29 is 9.50 Å². The van der Waals surface area contributed by atoms with Gasteiger partial charge in [-0.1, -0.05) is 19.8 Å². The molecule has 1 aromatic carbocycles. The lowest BCUT2D eigenvalue weighted by Crippen LogP contribution is -2.11. The lowest BCUT2D eigenvalue weighted by atomic mass is 10.0. The van der Waals surface area contributed by atoms with Gasteiger partial charge in [0.05, 0.1) is 0 Å². The van der Waals surface area contributed by atoms with Crippen LogP contribution in [0.15, 0.2) is 18.2 Å². The molecule has 0 amide bonds. The van der Waals surface area contributed by atoms with E-state index in [2.05, 4.69) is 6.92 Å². The van der Waals surface area contributed by atoms with Crippen molar-refractivity contribution in [2.24, 2.45) is 5.73 Å². The number of rotatable bonds is 4. The summed E-state index contributed by atoms with van der Waals surface area (Å²) >= 11 is 0. The van der Waals surface area contributed by atoms with Crippen LogP contribution in [0.3, 0.4) is 0 Å². The quantitative estimate of drug-likeness (QED) is 0.779. The van der Waals surface area contributed by atoms with Crippen molar-refractivity contribution in [2.75, 3.05) is 0 Å². The predicted octanol–water partition coefficient (Wildman–Crippen LogP) is 2.72. The highest BCUT2D eigenvalue weighted by atomic mass is 19.1. The van der Waals surface area contributed by atoms with Gasteiger partial charge in [-0.15, -0.1) is 0 Å². The van der Waals surface area contributed by atoms with E-state index in [1.807, 2.05) is 0 Å². The summed E-state index contributed by atoms with van der Waals surface area (Å²) in [5, 5.41) is 9.19. The molecule has 0 unspecified atom stereocenters. The SMILES string of the molecule is CCCC[C@@H](N)c1cc(O)ccc1F. The number of hydrogen-bond donors (Lipinski definition) is 2. The van der Waals surface area contributed by atoms with Gasteiger partial charge in [0.15, 0.2) is 0 Å². The summed E-state index contributed by atoms with van der Waals surface area (Å²) in [5.74, 6) is -0.278. The van der Waals surface area contributed by atoms with Crippen LogP contribution in [-0.2, 0) is 0 Å². The molecule has 0 fully saturated rings. The van der Waals surface area contributed by atoms with Crippen molar-refractivity contribution in [3.05, 3.63) is 29.6 Å². The van der Waals surface area contributed by atoms with E-state index < -0.39 is 0 Å². The third-order valence-corrected chi connectivity index (χ3v) is 2.25. The molecule has 0 aliphatic heterocycles. The second kappa shape index (κ2) is 4.96. The highest BCUT2D eigenvalue weighted by Gasteiger charge is 2.11. The van der Waals surface area contributed by atoms with Crippen molar-refractivity contribution >= 4 is 0 Å². The Morgan fingerprint density at radius 1 is 1.50 bits per heavy atom. The Bertz CT molecular complexity index is 301. The van der Waals surface area contributed by atoms with Gasteiger partial charge in [0.2, 0.25) is 0 Å². The maximum absolute atomic E-state index is 13.3. The maximum atomic E-state index is 13.3. The minimum absolute atomic E-state index is 0.0633. The molecular weight excluding hydrogens is 181 g/mol. The van der Waals surface area contributed by atoms with Crippen LogP contribution < -0.4 is 5.73 Å². The molecule has 2 nitrogen and oxygen atoms in total. The molecule has 0 spiro atoms. The zero-order valence-electron chi connectivity index (χ0n) is 8.33. The van der Waals surface area contributed by atoms with Crippen LogP contribution >= 0.6 is 0 Å². The van der Waals surface area contributed by atoms with Crippen LogP contribution in [0.2, 0.25) is 0 Å². The molecule has 0 aliphatic rings. The highest BCUT2D eigenvalue weighted by Crippen LogP contribution is 2.23. The normalized spacial score (nSPS) is 12.8. The van der Waals surface area contributed by atoms with E-state index in [4.69, 9.17) is 5.73 Å². The standard InChI is InChI=1S/C11H16FNO/c1-2-3-4-11(13)9-7-8(14)5-6-10(9)12/h5-7,11,14H,2-4,13H2,1H3/t11-/m1/s1. The second-order valence-corrected chi connectivity index (χ2v) is 3.45. The van der Waals surface area contributed by atoms with Gasteiger partial charge >= 0.3 is 0 Å². The Morgan fingerprint density at radius 2 is 2.21 bits per heavy atom. The third-order valence-electron chi connectivity index (χ3n) is 2.25. The summed E-state index contributed by atoms with van der Waals surface area (Å²) in [4.78, 5) is 0. The van der Waals surface area contributed by atoms with Crippen LogP contribution in [-0.4, -0.2) is 5.11 Å². The van der Waals surface area contributed by atoms with Gasteiger partial charge in [-0.3, -0.25) is 0 Å². The molecule has 0 bridgehead atoms. The molecular formula is C11H16FNO. The fraction of sp³-hybridized carbons (Fsp3) is 0.455. The summed E-state index contributed by atoms with van der Waals surface area (Å²) in [7, 11) is 0. The average Bonchev–Trinajstić information content (AvgIpc) is 2.18. The summed E-state index contributed by atoms with van der Waals surface area (Å²) in [6.45, 7) is 2.06. The molecule has 1 aromatic rings. The van der Waals surface area contributed by atoms with Crippen LogP contribution in [0.5, 0.6) is 5.75 Å². The topological polar surface area (TPSA) is 46.2 Å². The first-order valence-corrected chi connectivity index (χ1v) is 4.89. The minimum atomic E-state index is -0.341. The lowest BCUT2D eigenvalue weighted by Gasteiger charge is -2.12. The molecule has 78 valence electrons. The Kier molecular flexibility index (Phi) is 3.89. The summed E-state index contributed by atoms with van der Waals surface area (Å²) in [6, 6.07) is 3.65. The van der Waals surface area contributed by atoms with Gasteiger partial charge in [0, 0.05) is 11.6 Å². The smallest absolute Gasteiger partial charge is 0.128 e. The molecule has 0 radical (unpaired) electrons. The van der Waals surface area contributed by atoms with Crippen LogP contribution in [0.4, 0.5) is 4.39 Å². The number of phenols is 1. The first-order chi connectivity index (χ1) is 6.65. The fourth-order valence-electron chi connectivity index (χ4n) is 1.39. The van der Waals surface area contributed by atoms with Crippen LogP contribution in [0.25, 0.3) is 0 Å². The van der Waals surface area contributed by atoms with Crippen molar-refractivity contribution in [2.45, 2.75) is 32.2 Å². The van der Waals surface area contributed by atoms with Gasteiger partial charge in [-0.2, -0.15) is 0 Å². The number of aromatic hydroxyl groups is 1. The molecule has 1 rings (SSSR count). The molecule has 3 heteroatoms. The van der Waals surface area contributed by atoms with Gasteiger partial charge in [-0.05, 0) is 24.6 Å². The van der Waals surface area contributed by atoms with E-state index in [-0.39, 0.29) is 17.6 Å². The largest absolute Gasteiger partial charge is 0.508 e. The number of phenolic OH excluding ortho intramolecular Hbond substituents is 1. The van der Waals surface area contributed by atoms with Crippen molar-refractivity contribution in [3.8, 4) is 5.75 Å². The minimum Gasteiger partial charge on any atom is -0.508 e. The summed E-state index contributed by atoms with van der Waals surface area (Å²) in [6.07, 6.45) is 2.75. The van der Waals surface area contributed by atoms with E-state index in [0.717, 1.165) is 19.3 Å². The van der Waals surface area contributed by atoms with E-state index in [1.165, 1.54) is 18.2 Å². The number of hydrogen-bond acceptors (Lipinski definition) is 2. The van der Waals surface area contributed by atoms with Crippen molar-refractivity contribution in [3.63, 3.8) is 0 Å². The number of halogens is 1. The molecule has 14 heavy (non-hydrogen) atoms. The molecule has 0 aromatic heterocycles. The van der Waals surface area contributed by atoms with Gasteiger partial charge < -0.3 is 10.8 Å². The number of nitrogens with two attached hydrogens (primary N) is 1. The summed E-state index contributed by atoms with van der Waals surface area (Å²) in [5.41, 5.74) is 6.20. The summed E-state index contributed by atoms with van der Waals surface area (Å²) < 4.78 is 13.3. The Labute approximate surface area is 83.6 Å². The zero-order valence-corrected chi connectivity index (χ0v) is 8.33. The molecule has 1 atom stereocenters. The number of benzene rings is 1.